The highest BCUT2D eigenvalue weighted by atomic mass is 32.1. The average Bonchev–Trinajstić information content (AvgIpc) is 4.27. The molecule has 5 heterocycles. The molecule has 0 atom stereocenters. The maximum Gasteiger partial charge on any atom is 0.136 e. The molecule has 16 rings (SSSR count). The number of furan rings is 1. The first kappa shape index (κ1) is 43.6. The molecular weight excluding hydrogens is 981 g/mol. The average molecular weight is 1020 g/mol. The molecule has 0 saturated heterocycles. The van der Waals surface area contributed by atoms with Crippen molar-refractivity contribution in [3.63, 3.8) is 0 Å². The second kappa shape index (κ2) is 17.4. The molecule has 5 aromatic heterocycles. The minimum absolute atomic E-state index is 0.838. The molecule has 0 amide bonds. The summed E-state index contributed by atoms with van der Waals surface area (Å²) >= 11 is 3.67. The van der Waals surface area contributed by atoms with E-state index in [4.69, 9.17) is 4.42 Å². The maximum absolute atomic E-state index is 6.86. The first-order valence-corrected chi connectivity index (χ1v) is 27.2. The second-order valence-corrected chi connectivity index (χ2v) is 21.7. The SMILES string of the molecule is c1ccc2c(c1)sc1ccc(N(c3ccc(-c4cncnc4)cc3)c3ccc4oc5cc6c7ccc(N(c8ccc(-c9cncnc9)cc8)c8ccc9sc%10ccccc%10c9c8)cc7c7ccccc7c6cc5c4c3)cc12. The summed E-state index contributed by atoms with van der Waals surface area (Å²) < 4.78 is 12.0. The number of nitrogens with zero attached hydrogens (tertiary/aromatic N) is 6. The fraction of sp³-hybridized carbons (Fsp3) is 0. The van der Waals surface area contributed by atoms with E-state index in [1.807, 2.05) is 47.5 Å². The van der Waals surface area contributed by atoms with Crippen LogP contribution < -0.4 is 9.80 Å². The summed E-state index contributed by atoms with van der Waals surface area (Å²) in [4.78, 5) is 21.9. The van der Waals surface area contributed by atoms with Crippen molar-refractivity contribution < 1.29 is 4.42 Å². The largest absolute Gasteiger partial charge is 0.456 e. The van der Waals surface area contributed by atoms with Crippen molar-refractivity contribution in [2.24, 2.45) is 0 Å². The van der Waals surface area contributed by atoms with Gasteiger partial charge in [-0.1, -0.05) is 91.0 Å². The van der Waals surface area contributed by atoms with Crippen LogP contribution in [0.5, 0.6) is 0 Å². The van der Waals surface area contributed by atoms with Crippen molar-refractivity contribution in [1.82, 2.24) is 19.9 Å². The smallest absolute Gasteiger partial charge is 0.136 e. The third-order valence-electron chi connectivity index (χ3n) is 15.2. The van der Waals surface area contributed by atoms with E-state index in [0.717, 1.165) is 89.1 Å². The van der Waals surface area contributed by atoms with Crippen molar-refractivity contribution in [3.05, 3.63) is 244 Å². The van der Waals surface area contributed by atoms with Gasteiger partial charge in [0.15, 0.2) is 0 Å². The molecule has 0 spiro atoms. The molecule has 0 aliphatic rings. The van der Waals surface area contributed by atoms with Crippen LogP contribution in [0.4, 0.5) is 34.1 Å². The van der Waals surface area contributed by atoms with Crippen molar-refractivity contribution in [2.45, 2.75) is 0 Å². The van der Waals surface area contributed by atoms with Crippen LogP contribution in [0.3, 0.4) is 0 Å². The predicted octanol–water partition coefficient (Wildman–Crippen LogP) is 19.6. The minimum atomic E-state index is 0.838. The van der Waals surface area contributed by atoms with E-state index in [9.17, 15) is 0 Å². The molecule has 0 aliphatic carbocycles. The molecule has 9 heteroatoms. The Morgan fingerprint density at radius 1 is 0.260 bits per heavy atom. The van der Waals surface area contributed by atoms with Crippen molar-refractivity contribution in [3.8, 4) is 22.3 Å². The highest BCUT2D eigenvalue weighted by Gasteiger charge is 2.21. The van der Waals surface area contributed by atoms with Gasteiger partial charge in [0.2, 0.25) is 0 Å². The van der Waals surface area contributed by atoms with E-state index < -0.39 is 0 Å². The number of thiophene rings is 2. The fourth-order valence-electron chi connectivity index (χ4n) is 11.6. The summed E-state index contributed by atoms with van der Waals surface area (Å²) in [6, 6.07) is 75.5. The van der Waals surface area contributed by atoms with Crippen LogP contribution in [0.2, 0.25) is 0 Å². The van der Waals surface area contributed by atoms with Gasteiger partial charge in [-0.3, -0.25) is 0 Å². The number of aromatic nitrogens is 4. The van der Waals surface area contributed by atoms with Crippen LogP contribution in [0, 0.1) is 0 Å². The van der Waals surface area contributed by atoms with E-state index in [2.05, 4.69) is 236 Å². The first-order valence-electron chi connectivity index (χ1n) is 25.5. The lowest BCUT2D eigenvalue weighted by molar-refractivity contribution is 0.669. The molecule has 0 saturated carbocycles. The Kier molecular flexibility index (Phi) is 9.85. The Labute approximate surface area is 448 Å². The van der Waals surface area contributed by atoms with Gasteiger partial charge in [0.25, 0.3) is 0 Å². The van der Waals surface area contributed by atoms with Crippen LogP contribution in [0.1, 0.15) is 0 Å². The second-order valence-electron chi connectivity index (χ2n) is 19.5. The summed E-state index contributed by atoms with van der Waals surface area (Å²) in [6.45, 7) is 0. The zero-order valence-electron chi connectivity index (χ0n) is 41.0. The van der Waals surface area contributed by atoms with E-state index in [1.54, 1.807) is 12.7 Å². The highest BCUT2D eigenvalue weighted by molar-refractivity contribution is 7.26. The van der Waals surface area contributed by atoms with E-state index >= 15 is 0 Å². The summed E-state index contributed by atoms with van der Waals surface area (Å²) in [6.07, 6.45) is 10.6. The van der Waals surface area contributed by atoms with Crippen molar-refractivity contribution in [1.29, 1.82) is 0 Å². The van der Waals surface area contributed by atoms with Gasteiger partial charge < -0.3 is 14.2 Å². The summed E-state index contributed by atoms with van der Waals surface area (Å²) in [5, 5.41) is 14.2. The Balaban J connectivity index is 0.856. The van der Waals surface area contributed by atoms with E-state index in [1.165, 1.54) is 61.9 Å². The van der Waals surface area contributed by atoms with Crippen LogP contribution in [-0.2, 0) is 0 Å². The van der Waals surface area contributed by atoms with Crippen LogP contribution in [-0.4, -0.2) is 19.9 Å². The van der Waals surface area contributed by atoms with E-state index in [0.29, 0.717) is 0 Å². The van der Waals surface area contributed by atoms with Gasteiger partial charge in [-0.15, -0.1) is 22.7 Å². The van der Waals surface area contributed by atoms with Gasteiger partial charge in [0.05, 0.1) is 0 Å². The fourth-order valence-corrected chi connectivity index (χ4v) is 13.8. The summed E-state index contributed by atoms with van der Waals surface area (Å²) in [5.41, 5.74) is 12.1. The summed E-state index contributed by atoms with van der Waals surface area (Å²) in [5.74, 6) is 0. The van der Waals surface area contributed by atoms with Gasteiger partial charge in [0.1, 0.15) is 23.8 Å². The number of benzene rings is 11. The third kappa shape index (κ3) is 7.16. The first-order chi connectivity index (χ1) is 38.1. The number of hydrogen-bond donors (Lipinski definition) is 0. The lowest BCUT2D eigenvalue weighted by Gasteiger charge is -2.26. The molecule has 0 N–H and O–H groups in total. The van der Waals surface area contributed by atoms with Gasteiger partial charge >= 0.3 is 0 Å². The predicted molar refractivity (Wildman–Crippen MR) is 323 cm³/mol. The Bertz CT molecular complexity index is 5000. The normalized spacial score (nSPS) is 11.9. The lowest BCUT2D eigenvalue weighted by Crippen LogP contribution is -2.10. The molecule has 360 valence electrons. The van der Waals surface area contributed by atoms with Crippen molar-refractivity contribution in [2.75, 3.05) is 9.80 Å². The van der Waals surface area contributed by atoms with E-state index in [-0.39, 0.29) is 0 Å². The van der Waals surface area contributed by atoms with Crippen LogP contribution >= 0.6 is 22.7 Å². The van der Waals surface area contributed by atoms with Gasteiger partial charge in [-0.2, -0.15) is 0 Å². The number of hydrogen-bond acceptors (Lipinski definition) is 9. The monoisotopic (exact) mass is 1020 g/mol. The molecule has 77 heavy (non-hydrogen) atoms. The standard InChI is InChI=1S/C68H40N6OS2/c1-2-8-52-51(7-1)56-29-47(73(45-17-13-41(14-18-45)43-35-69-39-70-36-43)49-23-27-67-61(31-49)54-9-3-5-11-65(54)76-67)21-25-53(56)58-34-64-60(33-57(52)58)59-30-48(22-26-63(59)75-64)74(46-19-15-42(16-20-46)44-37-71-40-72-38-44)50-24-28-68-62(32-50)55-10-4-6-12-66(55)77-68/h1-40H. The molecule has 7 nitrogen and oxygen atoms in total. The zero-order chi connectivity index (χ0) is 50.6. The van der Waals surface area contributed by atoms with Gasteiger partial charge in [0, 0.05) is 121 Å². The molecule has 11 aromatic carbocycles. The van der Waals surface area contributed by atoms with Gasteiger partial charge in [-0.05, 0) is 159 Å². The minimum Gasteiger partial charge on any atom is -0.456 e. The number of rotatable bonds is 8. The zero-order valence-corrected chi connectivity index (χ0v) is 42.6. The molecule has 16 aromatic rings. The Morgan fingerprint density at radius 3 is 1.17 bits per heavy atom. The quantitative estimate of drug-likeness (QED) is 0.140. The molecule has 0 bridgehead atoms. The molecule has 0 fully saturated rings. The van der Waals surface area contributed by atoms with Gasteiger partial charge in [-0.25, -0.2) is 19.9 Å². The molecule has 0 aliphatic heterocycles. The third-order valence-corrected chi connectivity index (χ3v) is 17.5. The topological polar surface area (TPSA) is 71.2 Å². The number of anilines is 6. The summed E-state index contributed by atoms with van der Waals surface area (Å²) in [7, 11) is 0. The van der Waals surface area contributed by atoms with Crippen LogP contribution in [0.25, 0.3) is 117 Å². The Morgan fingerprint density at radius 2 is 0.636 bits per heavy atom. The lowest BCUT2D eigenvalue weighted by atomic mass is 9.92. The molecule has 0 unspecified atom stereocenters. The molecular formula is C68H40N6OS2. The van der Waals surface area contributed by atoms with Crippen LogP contribution in [0.15, 0.2) is 248 Å². The van der Waals surface area contributed by atoms with Crippen molar-refractivity contribution >= 4 is 151 Å². The number of fused-ring (bicyclic) bond motifs is 15. The maximum atomic E-state index is 6.86. The Hall–Kier alpha value is -9.80. The highest BCUT2D eigenvalue weighted by Crippen LogP contribution is 2.47. The molecule has 0 radical (unpaired) electrons.